The highest BCUT2D eigenvalue weighted by Crippen LogP contribution is 2.21. The van der Waals surface area contributed by atoms with Crippen LogP contribution in [0.15, 0.2) is 17.1 Å². The van der Waals surface area contributed by atoms with Gasteiger partial charge in [0.05, 0.1) is 11.1 Å². The molecule has 0 aliphatic carbocycles. The second-order valence-corrected chi connectivity index (χ2v) is 5.79. The van der Waals surface area contributed by atoms with E-state index < -0.39 is 4.92 Å². The van der Waals surface area contributed by atoms with Crippen molar-refractivity contribution in [1.29, 1.82) is 0 Å². The van der Waals surface area contributed by atoms with Crippen LogP contribution >= 0.6 is 0 Å². The first kappa shape index (κ1) is 14.4. The van der Waals surface area contributed by atoms with E-state index >= 15 is 0 Å². The summed E-state index contributed by atoms with van der Waals surface area (Å²) in [5.41, 5.74) is 0.453. The van der Waals surface area contributed by atoms with Crippen LogP contribution in [0, 0.1) is 22.5 Å². The molecule has 0 amide bonds. The molecule has 0 saturated heterocycles. The molecule has 1 heterocycles. The van der Waals surface area contributed by atoms with Crippen molar-refractivity contribution < 1.29 is 4.92 Å². The molecule has 0 atom stereocenters. The number of rotatable bonds is 4. The number of hydrogen-bond acceptors (Lipinski definition) is 3. The molecule has 0 aromatic carbocycles. The number of pyridine rings is 1. The van der Waals surface area contributed by atoms with Crippen LogP contribution in [0.4, 0.5) is 5.69 Å². The summed E-state index contributed by atoms with van der Waals surface area (Å²) in [6.45, 7) is 8.50. The average Bonchev–Trinajstić information content (AvgIpc) is 2.18. The molecule has 0 bridgehead atoms. The third-order valence-corrected chi connectivity index (χ3v) is 2.83. The minimum Gasteiger partial charge on any atom is -0.309 e. The molecular formula is C13H20N2O3. The molecule has 0 N–H and O–H groups in total. The lowest BCUT2D eigenvalue weighted by Gasteiger charge is -2.17. The summed E-state index contributed by atoms with van der Waals surface area (Å²) in [6.07, 6.45) is 3.16. The van der Waals surface area contributed by atoms with E-state index in [4.69, 9.17) is 0 Å². The summed E-state index contributed by atoms with van der Waals surface area (Å²) in [6, 6.07) is 1.33. The van der Waals surface area contributed by atoms with Gasteiger partial charge in [-0.15, -0.1) is 0 Å². The monoisotopic (exact) mass is 252 g/mol. The van der Waals surface area contributed by atoms with E-state index in [0.29, 0.717) is 12.1 Å². The maximum Gasteiger partial charge on any atom is 0.288 e. The van der Waals surface area contributed by atoms with Gasteiger partial charge in [0, 0.05) is 18.2 Å². The Labute approximate surface area is 107 Å². The van der Waals surface area contributed by atoms with E-state index in [2.05, 4.69) is 20.8 Å². The summed E-state index contributed by atoms with van der Waals surface area (Å²) >= 11 is 0. The lowest BCUT2D eigenvalue weighted by molar-refractivity contribution is -0.385. The van der Waals surface area contributed by atoms with E-state index in [0.717, 1.165) is 12.8 Å². The third-order valence-electron chi connectivity index (χ3n) is 2.83. The number of nitro groups is 1. The van der Waals surface area contributed by atoms with Crippen LogP contribution in [-0.2, 0) is 6.54 Å². The first-order valence-electron chi connectivity index (χ1n) is 6.06. The Hall–Kier alpha value is -1.65. The minimum atomic E-state index is -0.449. The van der Waals surface area contributed by atoms with Gasteiger partial charge in [-0.3, -0.25) is 14.9 Å². The zero-order valence-corrected chi connectivity index (χ0v) is 11.4. The van der Waals surface area contributed by atoms with Crippen molar-refractivity contribution in [2.45, 2.75) is 47.1 Å². The molecule has 0 saturated carbocycles. The van der Waals surface area contributed by atoms with Crippen LogP contribution in [0.1, 0.15) is 39.2 Å². The molecule has 0 aliphatic rings. The quantitative estimate of drug-likeness (QED) is 0.611. The molecule has 5 nitrogen and oxygen atoms in total. The first-order valence-corrected chi connectivity index (χ1v) is 6.06. The fraction of sp³-hybridized carbons (Fsp3) is 0.615. The normalized spacial score (nSPS) is 11.6. The average molecular weight is 252 g/mol. The predicted molar refractivity (Wildman–Crippen MR) is 70.8 cm³/mol. The molecule has 5 heteroatoms. The van der Waals surface area contributed by atoms with Gasteiger partial charge in [0.25, 0.3) is 11.2 Å². The Morgan fingerprint density at radius 3 is 2.50 bits per heavy atom. The minimum absolute atomic E-state index is 0.00496. The lowest BCUT2D eigenvalue weighted by Crippen LogP contribution is -2.21. The highest BCUT2D eigenvalue weighted by Gasteiger charge is 2.14. The van der Waals surface area contributed by atoms with Gasteiger partial charge in [0.1, 0.15) is 0 Å². The first-order chi connectivity index (χ1) is 8.20. The Kier molecular flexibility index (Phi) is 4.27. The van der Waals surface area contributed by atoms with Gasteiger partial charge in [0.2, 0.25) is 0 Å². The third kappa shape index (κ3) is 3.98. The zero-order chi connectivity index (χ0) is 13.9. The number of hydrogen-bond donors (Lipinski definition) is 0. The van der Waals surface area contributed by atoms with Gasteiger partial charge in [0.15, 0.2) is 0 Å². The zero-order valence-electron chi connectivity index (χ0n) is 11.4. The fourth-order valence-electron chi connectivity index (χ4n) is 1.80. The van der Waals surface area contributed by atoms with Crippen LogP contribution in [-0.4, -0.2) is 9.49 Å². The van der Waals surface area contributed by atoms with Gasteiger partial charge in [-0.1, -0.05) is 20.8 Å². The van der Waals surface area contributed by atoms with Crippen molar-refractivity contribution >= 4 is 5.69 Å². The second-order valence-electron chi connectivity index (χ2n) is 5.79. The standard InChI is InChI=1S/C13H20N2O3/c1-10-8-12(16)14(9-11(10)15(17)18)7-5-6-13(2,3)4/h8-9H,5-7H2,1-4H3. The van der Waals surface area contributed by atoms with E-state index in [-0.39, 0.29) is 16.7 Å². The van der Waals surface area contributed by atoms with E-state index in [9.17, 15) is 14.9 Å². The smallest absolute Gasteiger partial charge is 0.288 e. The van der Waals surface area contributed by atoms with Crippen molar-refractivity contribution in [1.82, 2.24) is 4.57 Å². The molecule has 0 aliphatic heterocycles. The number of aromatic nitrogens is 1. The lowest BCUT2D eigenvalue weighted by atomic mass is 9.91. The number of nitrogens with zero attached hydrogens (tertiary/aromatic N) is 2. The van der Waals surface area contributed by atoms with Gasteiger partial charge in [-0.05, 0) is 25.2 Å². The summed E-state index contributed by atoms with van der Waals surface area (Å²) in [5.74, 6) is 0. The van der Waals surface area contributed by atoms with Gasteiger partial charge >= 0.3 is 0 Å². The molecule has 1 aromatic rings. The summed E-state index contributed by atoms with van der Waals surface area (Å²) < 4.78 is 1.43. The Balaban J connectivity index is 2.86. The van der Waals surface area contributed by atoms with E-state index in [1.807, 2.05) is 0 Å². The maximum atomic E-state index is 11.7. The van der Waals surface area contributed by atoms with Crippen LogP contribution < -0.4 is 5.56 Å². The van der Waals surface area contributed by atoms with Gasteiger partial charge < -0.3 is 4.57 Å². The largest absolute Gasteiger partial charge is 0.309 e. The molecule has 100 valence electrons. The Bertz CT molecular complexity index is 498. The van der Waals surface area contributed by atoms with Gasteiger partial charge in [-0.2, -0.15) is 0 Å². The van der Waals surface area contributed by atoms with E-state index in [1.165, 1.54) is 16.8 Å². The summed E-state index contributed by atoms with van der Waals surface area (Å²) in [7, 11) is 0. The molecule has 0 fully saturated rings. The summed E-state index contributed by atoms with van der Waals surface area (Å²) in [5, 5.41) is 10.8. The van der Waals surface area contributed by atoms with Crippen LogP contribution in [0.5, 0.6) is 0 Å². The second kappa shape index (κ2) is 5.33. The Morgan fingerprint density at radius 1 is 1.39 bits per heavy atom. The van der Waals surface area contributed by atoms with Crippen LogP contribution in [0.3, 0.4) is 0 Å². The van der Waals surface area contributed by atoms with Crippen molar-refractivity contribution in [3.8, 4) is 0 Å². The SMILES string of the molecule is Cc1cc(=O)n(CCCC(C)(C)C)cc1[N+](=O)[O-]. The molecule has 0 radical (unpaired) electrons. The summed E-state index contributed by atoms with van der Waals surface area (Å²) in [4.78, 5) is 22.1. The van der Waals surface area contributed by atoms with Crippen molar-refractivity contribution in [3.05, 3.63) is 38.3 Å². The Morgan fingerprint density at radius 2 is 2.00 bits per heavy atom. The molecular weight excluding hydrogens is 232 g/mol. The molecule has 1 aromatic heterocycles. The molecule has 0 unspecified atom stereocenters. The van der Waals surface area contributed by atoms with E-state index in [1.54, 1.807) is 6.92 Å². The predicted octanol–water partition coefficient (Wildman–Crippen LogP) is 2.89. The van der Waals surface area contributed by atoms with Crippen molar-refractivity contribution in [2.24, 2.45) is 5.41 Å². The van der Waals surface area contributed by atoms with Crippen LogP contribution in [0.2, 0.25) is 0 Å². The van der Waals surface area contributed by atoms with Gasteiger partial charge in [-0.25, -0.2) is 0 Å². The highest BCUT2D eigenvalue weighted by atomic mass is 16.6. The van der Waals surface area contributed by atoms with Crippen molar-refractivity contribution in [2.75, 3.05) is 0 Å². The fourth-order valence-corrected chi connectivity index (χ4v) is 1.80. The topological polar surface area (TPSA) is 65.1 Å². The highest BCUT2D eigenvalue weighted by molar-refractivity contribution is 5.35. The number of aryl methyl sites for hydroxylation is 2. The molecule has 1 rings (SSSR count). The molecule has 0 spiro atoms. The maximum absolute atomic E-state index is 11.7. The molecule has 18 heavy (non-hydrogen) atoms. The van der Waals surface area contributed by atoms with Crippen molar-refractivity contribution in [3.63, 3.8) is 0 Å². The van der Waals surface area contributed by atoms with Crippen LogP contribution in [0.25, 0.3) is 0 Å².